The molecule has 12 heavy (non-hydrogen) atoms. The smallest absolute Gasteiger partial charge is 0.390 e. The quantitative estimate of drug-likeness (QED) is 0.713. The lowest BCUT2D eigenvalue weighted by molar-refractivity contribution is 0.0569. The lowest BCUT2D eigenvalue weighted by Crippen LogP contribution is -1.95. The number of phenolic OH excluding ortho intramolecular Hbond substituents is 1. The first-order chi connectivity index (χ1) is 5.65. The predicted octanol–water partition coefficient (Wildman–Crippen LogP) is 0.972. The second kappa shape index (κ2) is 3.13. The minimum atomic E-state index is -1.42. The number of phenols is 1. The van der Waals surface area contributed by atoms with Gasteiger partial charge in [0.1, 0.15) is 17.1 Å². The van der Waals surface area contributed by atoms with Crippen LogP contribution in [0.1, 0.15) is 10.4 Å². The number of carbonyl (C=O) groups excluding carboxylic acids is 1. The number of ether oxygens (including phenoxy) is 1. The van der Waals surface area contributed by atoms with E-state index in [0.717, 1.165) is 0 Å². The summed E-state index contributed by atoms with van der Waals surface area (Å²) in [6.07, 6.45) is 0. The molecule has 0 aromatic heterocycles. The molecular weight excluding hydrogens is 160 g/mol. The van der Waals surface area contributed by atoms with Crippen molar-refractivity contribution in [1.82, 2.24) is 0 Å². The van der Waals surface area contributed by atoms with E-state index in [0.29, 0.717) is 5.75 Å². The summed E-state index contributed by atoms with van der Waals surface area (Å²) in [6.45, 7) is 0. The number of hydrogen-bond acceptors (Lipinski definition) is 3. The van der Waals surface area contributed by atoms with Gasteiger partial charge >= 0.3 is 5.97 Å². The van der Waals surface area contributed by atoms with E-state index in [1.807, 2.05) is 0 Å². The molecule has 0 aliphatic rings. The molecule has 1 rings (SSSR count). The van der Waals surface area contributed by atoms with E-state index in [9.17, 15) is 9.90 Å². The molecule has 0 unspecified atom stereocenters. The van der Waals surface area contributed by atoms with Gasteiger partial charge in [-0.15, -0.1) is 0 Å². The van der Waals surface area contributed by atoms with Crippen LogP contribution in [0.2, 0.25) is 0 Å². The SMILES string of the molecule is COc1ccc(O)c(C([O])=O)c1. The highest BCUT2D eigenvalue weighted by Gasteiger charge is 2.11. The van der Waals surface area contributed by atoms with Gasteiger partial charge in [0.05, 0.1) is 7.11 Å². The number of methoxy groups -OCH3 is 1. The van der Waals surface area contributed by atoms with Gasteiger partial charge in [-0.1, -0.05) is 0 Å². The van der Waals surface area contributed by atoms with Crippen LogP contribution < -0.4 is 4.74 Å². The maximum absolute atomic E-state index is 10.4. The van der Waals surface area contributed by atoms with Crippen molar-refractivity contribution in [3.8, 4) is 11.5 Å². The zero-order valence-corrected chi connectivity index (χ0v) is 6.40. The van der Waals surface area contributed by atoms with E-state index in [2.05, 4.69) is 0 Å². The average molecular weight is 167 g/mol. The normalized spacial score (nSPS) is 9.42. The summed E-state index contributed by atoms with van der Waals surface area (Å²) in [4.78, 5) is 10.4. The Morgan fingerprint density at radius 1 is 1.50 bits per heavy atom. The van der Waals surface area contributed by atoms with Gasteiger partial charge in [0.15, 0.2) is 0 Å². The van der Waals surface area contributed by atoms with Gasteiger partial charge in [-0.25, -0.2) is 9.90 Å². The number of rotatable bonds is 2. The second-order valence-corrected chi connectivity index (χ2v) is 2.17. The minimum Gasteiger partial charge on any atom is -0.507 e. The Morgan fingerprint density at radius 2 is 2.17 bits per heavy atom. The molecule has 0 saturated carbocycles. The van der Waals surface area contributed by atoms with E-state index in [4.69, 9.17) is 9.84 Å². The van der Waals surface area contributed by atoms with Crippen LogP contribution in [-0.4, -0.2) is 18.2 Å². The van der Waals surface area contributed by atoms with Crippen molar-refractivity contribution in [2.24, 2.45) is 0 Å². The summed E-state index contributed by atoms with van der Waals surface area (Å²) in [5.41, 5.74) is -0.269. The fraction of sp³-hybridized carbons (Fsp3) is 0.125. The zero-order chi connectivity index (χ0) is 9.14. The van der Waals surface area contributed by atoms with Gasteiger partial charge < -0.3 is 9.84 Å². The summed E-state index contributed by atoms with van der Waals surface area (Å²) in [5.74, 6) is -1.38. The third-order valence-electron chi connectivity index (χ3n) is 1.42. The lowest BCUT2D eigenvalue weighted by atomic mass is 10.2. The highest BCUT2D eigenvalue weighted by atomic mass is 16.5. The molecule has 0 atom stereocenters. The van der Waals surface area contributed by atoms with E-state index < -0.39 is 5.97 Å². The van der Waals surface area contributed by atoms with Gasteiger partial charge in [-0.05, 0) is 18.2 Å². The fourth-order valence-corrected chi connectivity index (χ4v) is 0.806. The molecule has 0 heterocycles. The molecule has 1 radical (unpaired) electrons. The first-order valence-electron chi connectivity index (χ1n) is 3.23. The van der Waals surface area contributed by atoms with Crippen LogP contribution >= 0.6 is 0 Å². The van der Waals surface area contributed by atoms with Crippen molar-refractivity contribution in [3.05, 3.63) is 23.8 Å². The molecule has 4 heteroatoms. The zero-order valence-electron chi connectivity index (χ0n) is 6.40. The summed E-state index contributed by atoms with van der Waals surface area (Å²) < 4.78 is 4.76. The van der Waals surface area contributed by atoms with Crippen molar-refractivity contribution in [1.29, 1.82) is 0 Å². The van der Waals surface area contributed by atoms with Gasteiger partial charge in [0.2, 0.25) is 0 Å². The Morgan fingerprint density at radius 3 is 2.67 bits per heavy atom. The predicted molar refractivity (Wildman–Crippen MR) is 39.7 cm³/mol. The topological polar surface area (TPSA) is 66.4 Å². The monoisotopic (exact) mass is 167 g/mol. The van der Waals surface area contributed by atoms with Crippen molar-refractivity contribution in [2.75, 3.05) is 7.11 Å². The molecule has 1 N–H and O–H groups in total. The van der Waals surface area contributed by atoms with Crippen molar-refractivity contribution < 1.29 is 19.7 Å². The molecule has 63 valence electrons. The Labute approximate surface area is 69.0 Å². The number of benzene rings is 1. The summed E-state index contributed by atoms with van der Waals surface area (Å²) in [5, 5.41) is 19.4. The Kier molecular flexibility index (Phi) is 2.19. The molecule has 0 bridgehead atoms. The van der Waals surface area contributed by atoms with E-state index in [-0.39, 0.29) is 11.3 Å². The summed E-state index contributed by atoms with van der Waals surface area (Å²) in [6, 6.07) is 3.90. The van der Waals surface area contributed by atoms with Gasteiger partial charge in [-0.3, -0.25) is 0 Å². The van der Waals surface area contributed by atoms with Crippen LogP contribution in [0, 0.1) is 0 Å². The standard InChI is InChI=1S/C8H7O4/c1-12-5-2-3-7(9)6(4-5)8(10)11/h2-4,9H,1H3. The Hall–Kier alpha value is -1.71. The first-order valence-corrected chi connectivity index (χ1v) is 3.23. The Balaban J connectivity index is 3.17. The number of hydrogen-bond donors (Lipinski definition) is 1. The largest absolute Gasteiger partial charge is 0.507 e. The summed E-state index contributed by atoms with van der Waals surface area (Å²) in [7, 11) is 1.41. The molecule has 0 spiro atoms. The maximum Gasteiger partial charge on any atom is 0.390 e. The molecule has 0 saturated heterocycles. The molecule has 0 aliphatic carbocycles. The third-order valence-corrected chi connectivity index (χ3v) is 1.42. The number of carbonyl (C=O) groups is 1. The van der Waals surface area contributed by atoms with Crippen LogP contribution in [0.5, 0.6) is 11.5 Å². The van der Waals surface area contributed by atoms with Gasteiger partial charge in [0.25, 0.3) is 0 Å². The van der Waals surface area contributed by atoms with Crippen LogP contribution in [0.3, 0.4) is 0 Å². The average Bonchev–Trinajstić information content (AvgIpc) is 2.05. The molecule has 1 aromatic rings. The molecule has 0 amide bonds. The van der Waals surface area contributed by atoms with E-state index >= 15 is 0 Å². The third kappa shape index (κ3) is 1.47. The summed E-state index contributed by atoms with van der Waals surface area (Å²) >= 11 is 0. The van der Waals surface area contributed by atoms with E-state index in [1.54, 1.807) is 0 Å². The van der Waals surface area contributed by atoms with Crippen molar-refractivity contribution in [2.45, 2.75) is 0 Å². The molecule has 0 fully saturated rings. The maximum atomic E-state index is 10.4. The first kappa shape index (κ1) is 8.39. The lowest BCUT2D eigenvalue weighted by Gasteiger charge is -2.01. The molecule has 1 aromatic carbocycles. The van der Waals surface area contributed by atoms with Crippen molar-refractivity contribution in [3.63, 3.8) is 0 Å². The number of aromatic hydroxyl groups is 1. The van der Waals surface area contributed by atoms with Gasteiger partial charge in [-0.2, -0.15) is 0 Å². The van der Waals surface area contributed by atoms with Gasteiger partial charge in [0, 0.05) is 0 Å². The van der Waals surface area contributed by atoms with Crippen LogP contribution in [0.25, 0.3) is 0 Å². The highest BCUT2D eigenvalue weighted by molar-refractivity contribution is 5.90. The van der Waals surface area contributed by atoms with Crippen LogP contribution in [0.15, 0.2) is 18.2 Å². The second-order valence-electron chi connectivity index (χ2n) is 2.17. The van der Waals surface area contributed by atoms with Crippen LogP contribution in [-0.2, 0) is 5.11 Å². The molecule has 4 nitrogen and oxygen atoms in total. The van der Waals surface area contributed by atoms with Crippen molar-refractivity contribution >= 4 is 5.97 Å². The molecular formula is C8H7O4. The Bertz CT molecular complexity index is 306. The molecule has 0 aliphatic heterocycles. The fourth-order valence-electron chi connectivity index (χ4n) is 0.806. The minimum absolute atomic E-state index is 0.269. The highest BCUT2D eigenvalue weighted by Crippen LogP contribution is 2.22. The van der Waals surface area contributed by atoms with E-state index in [1.165, 1.54) is 25.3 Å². The van der Waals surface area contributed by atoms with Crippen LogP contribution in [0.4, 0.5) is 0 Å².